The second-order valence-electron chi connectivity index (χ2n) is 8.19. The van der Waals surface area contributed by atoms with Crippen LogP contribution < -0.4 is 15.0 Å². The summed E-state index contributed by atoms with van der Waals surface area (Å²) in [6, 6.07) is 17.8. The second kappa shape index (κ2) is 10.4. The molecule has 0 aliphatic carbocycles. The van der Waals surface area contributed by atoms with Crippen LogP contribution in [-0.4, -0.2) is 31.6 Å². The number of carbonyl (C=O) groups excluding carboxylic acids is 1. The van der Waals surface area contributed by atoms with Gasteiger partial charge in [-0.05, 0) is 66.6 Å². The lowest BCUT2D eigenvalue weighted by Crippen LogP contribution is -2.27. The Morgan fingerprint density at radius 1 is 1.08 bits per heavy atom. The van der Waals surface area contributed by atoms with Crippen LogP contribution in [0.1, 0.15) is 16.7 Å². The third kappa shape index (κ3) is 5.11. The fraction of sp³-hybridized carbons (Fsp3) is 0.111. The number of thioether (sulfide) groups is 1. The van der Waals surface area contributed by atoms with Gasteiger partial charge in [0.2, 0.25) is 5.88 Å². The Morgan fingerprint density at radius 3 is 2.57 bits per heavy atom. The molecule has 0 saturated carbocycles. The maximum atomic E-state index is 13.5. The Labute approximate surface area is 227 Å². The number of aryl methyl sites for hydroxylation is 1. The van der Waals surface area contributed by atoms with Crippen LogP contribution in [0.5, 0.6) is 17.4 Å². The maximum absolute atomic E-state index is 13.5. The number of aromatic nitrogens is 2. The molecule has 37 heavy (non-hydrogen) atoms. The minimum absolute atomic E-state index is 0.0818. The molecule has 5 rings (SSSR count). The Hall–Kier alpha value is -3.66. The second-order valence-corrected chi connectivity index (χ2v) is 10.3. The molecule has 0 spiro atoms. The van der Waals surface area contributed by atoms with Crippen molar-refractivity contribution in [1.82, 2.24) is 14.3 Å². The van der Waals surface area contributed by atoms with Gasteiger partial charge in [0.05, 0.1) is 18.6 Å². The number of ether oxygens (including phenoxy) is 2. The van der Waals surface area contributed by atoms with Gasteiger partial charge in [-0.25, -0.2) is 0 Å². The van der Waals surface area contributed by atoms with Crippen LogP contribution in [0.3, 0.4) is 0 Å². The first-order valence-electron chi connectivity index (χ1n) is 11.2. The number of amides is 1. The van der Waals surface area contributed by atoms with Gasteiger partial charge >= 0.3 is 0 Å². The molecule has 10 heteroatoms. The van der Waals surface area contributed by atoms with Crippen molar-refractivity contribution in [3.8, 4) is 17.4 Å². The van der Waals surface area contributed by atoms with Crippen molar-refractivity contribution in [3.63, 3.8) is 0 Å². The zero-order chi connectivity index (χ0) is 26.1. The van der Waals surface area contributed by atoms with Crippen molar-refractivity contribution < 1.29 is 14.3 Å². The molecule has 1 saturated heterocycles. The fourth-order valence-electron chi connectivity index (χ4n) is 3.76. The minimum atomic E-state index is -0.369. The van der Waals surface area contributed by atoms with Crippen molar-refractivity contribution in [2.24, 2.45) is 0 Å². The van der Waals surface area contributed by atoms with Gasteiger partial charge in [-0.2, -0.15) is 4.98 Å². The normalized spacial score (nSPS) is 14.6. The van der Waals surface area contributed by atoms with E-state index in [9.17, 15) is 9.59 Å². The number of thiocarbonyl (C=S) groups is 1. The molecule has 0 unspecified atom stereocenters. The first kappa shape index (κ1) is 25.0. The highest BCUT2D eigenvalue weighted by Gasteiger charge is 2.33. The summed E-state index contributed by atoms with van der Waals surface area (Å²) < 4.78 is 13.0. The topological polar surface area (TPSA) is 73.1 Å². The summed E-state index contributed by atoms with van der Waals surface area (Å²) >= 11 is 12.8. The number of fused-ring (bicyclic) bond motifs is 1. The van der Waals surface area contributed by atoms with E-state index in [1.165, 1.54) is 15.4 Å². The fourth-order valence-corrected chi connectivity index (χ4v) is 5.11. The Bertz CT molecular complexity index is 1630. The zero-order valence-electron chi connectivity index (χ0n) is 19.8. The van der Waals surface area contributed by atoms with Crippen LogP contribution >= 0.6 is 35.6 Å². The number of hydrogen-bond acceptors (Lipinski definition) is 7. The largest absolute Gasteiger partial charge is 0.497 e. The molecule has 1 aliphatic heterocycles. The van der Waals surface area contributed by atoms with Crippen LogP contribution in [0.25, 0.3) is 11.7 Å². The lowest BCUT2D eigenvalue weighted by Gasteiger charge is -2.14. The molecule has 4 aromatic rings. The highest BCUT2D eigenvalue weighted by atomic mass is 35.5. The number of nitrogens with zero attached hydrogens (tertiary/aromatic N) is 3. The Kier molecular flexibility index (Phi) is 7.01. The maximum Gasteiger partial charge on any atom is 0.269 e. The summed E-state index contributed by atoms with van der Waals surface area (Å²) in [7, 11) is 1.60. The first-order valence-corrected chi connectivity index (χ1v) is 12.8. The molecule has 2 aromatic carbocycles. The molecule has 186 valence electrons. The van der Waals surface area contributed by atoms with Crippen LogP contribution in [0, 0.1) is 6.92 Å². The highest BCUT2D eigenvalue weighted by molar-refractivity contribution is 8.26. The quantitative estimate of drug-likeness (QED) is 0.220. The third-order valence-corrected chi connectivity index (χ3v) is 7.53. The van der Waals surface area contributed by atoms with Crippen molar-refractivity contribution in [2.75, 3.05) is 7.11 Å². The van der Waals surface area contributed by atoms with E-state index in [1.807, 2.05) is 31.2 Å². The van der Waals surface area contributed by atoms with Crippen molar-refractivity contribution in [2.45, 2.75) is 13.5 Å². The average Bonchev–Trinajstić information content (AvgIpc) is 3.16. The van der Waals surface area contributed by atoms with Gasteiger partial charge < -0.3 is 9.47 Å². The van der Waals surface area contributed by atoms with Crippen LogP contribution in [0.2, 0.25) is 5.02 Å². The van der Waals surface area contributed by atoms with Gasteiger partial charge in [0.1, 0.15) is 27.0 Å². The number of methoxy groups -OCH3 is 1. The van der Waals surface area contributed by atoms with Gasteiger partial charge in [-0.15, -0.1) is 0 Å². The number of pyridine rings is 1. The third-order valence-electron chi connectivity index (χ3n) is 5.73. The summed E-state index contributed by atoms with van der Waals surface area (Å²) in [5.74, 6) is 0.979. The summed E-state index contributed by atoms with van der Waals surface area (Å²) in [4.78, 5) is 33.2. The summed E-state index contributed by atoms with van der Waals surface area (Å²) in [6.45, 7) is 2.15. The van der Waals surface area contributed by atoms with E-state index in [-0.39, 0.29) is 22.9 Å². The van der Waals surface area contributed by atoms with Crippen molar-refractivity contribution in [3.05, 3.63) is 104 Å². The van der Waals surface area contributed by atoms with E-state index < -0.39 is 0 Å². The van der Waals surface area contributed by atoms with Gasteiger partial charge in [-0.1, -0.05) is 53.8 Å². The predicted molar refractivity (Wildman–Crippen MR) is 149 cm³/mol. The molecule has 0 N–H and O–H groups in total. The van der Waals surface area contributed by atoms with E-state index >= 15 is 0 Å². The standard InChI is InChI=1S/C27H20ClN3O4S2/c1-16-13-19(10-11-21(16)28)35-24-20(25(32)30-12-4-3-5-23(30)29-24)14-22-26(33)31(27(36)37-22)15-17-6-8-18(34-2)9-7-17/h3-14H,15H2,1-2H3/b22-14+. The smallest absolute Gasteiger partial charge is 0.269 e. The van der Waals surface area contributed by atoms with E-state index in [0.717, 1.165) is 28.6 Å². The molecular formula is C27H20ClN3O4S2. The monoisotopic (exact) mass is 549 g/mol. The Balaban J connectivity index is 1.53. The molecule has 1 fully saturated rings. The molecule has 0 atom stereocenters. The molecule has 3 heterocycles. The van der Waals surface area contributed by atoms with E-state index in [1.54, 1.807) is 49.7 Å². The lowest BCUT2D eigenvalue weighted by atomic mass is 10.2. The summed E-state index contributed by atoms with van der Waals surface area (Å²) in [5, 5.41) is 0.597. The number of benzene rings is 2. The minimum Gasteiger partial charge on any atom is -0.497 e. The summed E-state index contributed by atoms with van der Waals surface area (Å²) in [5.41, 5.74) is 1.90. The van der Waals surface area contributed by atoms with Gasteiger partial charge in [-0.3, -0.25) is 18.9 Å². The van der Waals surface area contributed by atoms with E-state index in [0.29, 0.717) is 32.2 Å². The van der Waals surface area contributed by atoms with Gasteiger partial charge in [0.15, 0.2) is 0 Å². The zero-order valence-corrected chi connectivity index (χ0v) is 22.2. The van der Waals surface area contributed by atoms with Crippen LogP contribution in [0.15, 0.2) is 76.6 Å². The molecule has 1 amide bonds. The predicted octanol–water partition coefficient (Wildman–Crippen LogP) is 5.86. The van der Waals surface area contributed by atoms with Gasteiger partial charge in [0, 0.05) is 11.2 Å². The Morgan fingerprint density at radius 2 is 1.84 bits per heavy atom. The van der Waals surface area contributed by atoms with Crippen LogP contribution in [0.4, 0.5) is 0 Å². The average molecular weight is 550 g/mol. The molecule has 0 radical (unpaired) electrons. The van der Waals surface area contributed by atoms with Crippen molar-refractivity contribution in [1.29, 1.82) is 0 Å². The number of rotatable bonds is 6. The number of carbonyl (C=O) groups is 1. The van der Waals surface area contributed by atoms with Crippen LogP contribution in [-0.2, 0) is 11.3 Å². The first-order chi connectivity index (χ1) is 17.8. The molecular weight excluding hydrogens is 530 g/mol. The molecule has 0 bridgehead atoms. The summed E-state index contributed by atoms with van der Waals surface area (Å²) in [6.07, 6.45) is 3.12. The highest BCUT2D eigenvalue weighted by Crippen LogP contribution is 2.35. The number of halogens is 1. The molecule has 2 aromatic heterocycles. The van der Waals surface area contributed by atoms with Gasteiger partial charge in [0.25, 0.3) is 11.5 Å². The molecule has 7 nitrogen and oxygen atoms in total. The van der Waals surface area contributed by atoms with E-state index in [2.05, 4.69) is 4.98 Å². The van der Waals surface area contributed by atoms with E-state index in [4.69, 9.17) is 33.3 Å². The molecule has 1 aliphatic rings. The SMILES string of the molecule is COc1ccc(CN2C(=O)/C(=C\c3c(Oc4ccc(Cl)c(C)c4)nc4ccccn4c3=O)SC2=S)cc1. The van der Waals surface area contributed by atoms with Crippen molar-refractivity contribution >= 4 is 57.5 Å². The lowest BCUT2D eigenvalue weighted by molar-refractivity contribution is -0.122. The number of hydrogen-bond donors (Lipinski definition) is 0.